The third kappa shape index (κ3) is 7.70. The molecule has 1 nitrogen and oxygen atoms in total. The van der Waals surface area contributed by atoms with Crippen LogP contribution >= 0.6 is 0 Å². The van der Waals surface area contributed by atoms with E-state index in [1.54, 1.807) is 0 Å². The van der Waals surface area contributed by atoms with Crippen LogP contribution in [-0.2, 0) is 0 Å². The summed E-state index contributed by atoms with van der Waals surface area (Å²) in [7, 11) is 6.59. The Hall–Kier alpha value is -0.300. The molecule has 0 bridgehead atoms. The Kier molecular flexibility index (Phi) is 2.92. The van der Waals surface area contributed by atoms with Crippen molar-refractivity contribution < 1.29 is 4.48 Å². The monoisotopic (exact) mass is 128 g/mol. The molecule has 0 aromatic rings. The average molecular weight is 128 g/mol. The maximum Gasteiger partial charge on any atom is 0.0817 e. The molecule has 0 aromatic heterocycles. The number of quaternary nitrogens is 1. The zero-order valence-corrected chi connectivity index (χ0v) is 7.07. The summed E-state index contributed by atoms with van der Waals surface area (Å²) in [6.07, 6.45) is 1.14. The molecular formula is C8H18N+. The molecule has 0 saturated carbocycles. The third-order valence-corrected chi connectivity index (χ3v) is 1.21. The van der Waals surface area contributed by atoms with Crippen LogP contribution in [0.2, 0.25) is 0 Å². The average Bonchev–Trinajstić information content (AvgIpc) is 1.59. The first-order chi connectivity index (χ1) is 3.92. The van der Waals surface area contributed by atoms with Gasteiger partial charge in [0.25, 0.3) is 0 Å². The Morgan fingerprint density at radius 3 is 1.89 bits per heavy atom. The minimum absolute atomic E-state index is 1.03. The van der Waals surface area contributed by atoms with E-state index in [0.717, 1.165) is 10.9 Å². The molecule has 0 spiro atoms. The van der Waals surface area contributed by atoms with Crippen molar-refractivity contribution in [2.45, 2.75) is 13.3 Å². The maximum atomic E-state index is 3.85. The predicted octanol–water partition coefficient (Wildman–Crippen LogP) is 1.66. The fourth-order valence-corrected chi connectivity index (χ4v) is 0.526. The summed E-state index contributed by atoms with van der Waals surface area (Å²) in [5.41, 5.74) is 1.28. The van der Waals surface area contributed by atoms with Crippen molar-refractivity contribution >= 4 is 0 Å². The molecule has 0 rings (SSSR count). The molecular weight excluding hydrogens is 110 g/mol. The highest BCUT2D eigenvalue weighted by molar-refractivity contribution is 4.86. The molecule has 54 valence electrons. The van der Waals surface area contributed by atoms with Crippen LogP contribution in [0.3, 0.4) is 0 Å². The van der Waals surface area contributed by atoms with Crippen LogP contribution in [0.5, 0.6) is 0 Å². The van der Waals surface area contributed by atoms with E-state index in [9.17, 15) is 0 Å². The maximum absolute atomic E-state index is 3.85. The van der Waals surface area contributed by atoms with Crippen molar-refractivity contribution in [2.75, 3.05) is 27.7 Å². The predicted molar refractivity (Wildman–Crippen MR) is 42.3 cm³/mol. The molecule has 0 radical (unpaired) electrons. The Bertz CT molecular complexity index is 97.6. The lowest BCUT2D eigenvalue weighted by atomic mass is 10.2. The zero-order chi connectivity index (χ0) is 7.49. The van der Waals surface area contributed by atoms with Gasteiger partial charge in [-0.25, -0.2) is 0 Å². The largest absolute Gasteiger partial charge is 0.331 e. The second-order valence-electron chi connectivity index (χ2n) is 3.72. The van der Waals surface area contributed by atoms with Gasteiger partial charge in [-0.15, -0.1) is 0 Å². The minimum Gasteiger partial charge on any atom is -0.331 e. The summed E-state index contributed by atoms with van der Waals surface area (Å²) in [5.74, 6) is 0. The number of nitrogens with zero attached hydrogens (tertiary/aromatic N) is 1. The minimum atomic E-state index is 1.03. The van der Waals surface area contributed by atoms with E-state index in [1.165, 1.54) is 12.1 Å². The van der Waals surface area contributed by atoms with E-state index in [0.29, 0.717) is 0 Å². The molecule has 1 heteroatoms. The van der Waals surface area contributed by atoms with E-state index < -0.39 is 0 Å². The van der Waals surface area contributed by atoms with Gasteiger partial charge in [0, 0.05) is 6.42 Å². The molecule has 0 saturated heterocycles. The fraction of sp³-hybridized carbons (Fsp3) is 0.750. The van der Waals surface area contributed by atoms with Gasteiger partial charge >= 0.3 is 0 Å². The smallest absolute Gasteiger partial charge is 0.0817 e. The first-order valence-electron chi connectivity index (χ1n) is 3.36. The second-order valence-corrected chi connectivity index (χ2v) is 3.72. The highest BCUT2D eigenvalue weighted by Gasteiger charge is 2.04. The van der Waals surface area contributed by atoms with Gasteiger partial charge in [0.1, 0.15) is 0 Å². The molecule has 0 aliphatic rings. The zero-order valence-electron chi connectivity index (χ0n) is 7.07. The van der Waals surface area contributed by atoms with Crippen LogP contribution in [0.25, 0.3) is 0 Å². The van der Waals surface area contributed by atoms with Gasteiger partial charge < -0.3 is 4.48 Å². The third-order valence-electron chi connectivity index (χ3n) is 1.21. The highest BCUT2D eigenvalue weighted by atomic mass is 15.3. The summed E-state index contributed by atoms with van der Waals surface area (Å²) in [6, 6.07) is 0. The molecule has 0 atom stereocenters. The van der Waals surface area contributed by atoms with Crippen LogP contribution in [-0.4, -0.2) is 32.2 Å². The Morgan fingerprint density at radius 2 is 1.78 bits per heavy atom. The summed E-state index contributed by atoms with van der Waals surface area (Å²) < 4.78 is 1.03. The van der Waals surface area contributed by atoms with E-state index in [-0.39, 0.29) is 0 Å². The molecule has 0 amide bonds. The quantitative estimate of drug-likeness (QED) is 0.400. The molecule has 0 aromatic carbocycles. The molecule has 9 heavy (non-hydrogen) atoms. The highest BCUT2D eigenvalue weighted by Crippen LogP contribution is 1.99. The molecule has 0 aliphatic carbocycles. The molecule has 0 fully saturated rings. The van der Waals surface area contributed by atoms with Gasteiger partial charge in [-0.05, 0) is 6.92 Å². The Balaban J connectivity index is 3.39. The van der Waals surface area contributed by atoms with Crippen LogP contribution in [0.15, 0.2) is 12.2 Å². The number of hydrogen-bond donors (Lipinski definition) is 0. The summed E-state index contributed by atoms with van der Waals surface area (Å²) >= 11 is 0. The van der Waals surface area contributed by atoms with Crippen molar-refractivity contribution in [3.63, 3.8) is 0 Å². The SMILES string of the molecule is C=C(C)CC[N+](C)(C)C. The Labute approximate surface area is 58.6 Å². The lowest BCUT2D eigenvalue weighted by Gasteiger charge is -2.23. The van der Waals surface area contributed by atoms with Crippen LogP contribution in [0.4, 0.5) is 0 Å². The van der Waals surface area contributed by atoms with E-state index in [4.69, 9.17) is 0 Å². The van der Waals surface area contributed by atoms with E-state index >= 15 is 0 Å². The van der Waals surface area contributed by atoms with Gasteiger partial charge in [-0.1, -0.05) is 12.2 Å². The van der Waals surface area contributed by atoms with Gasteiger partial charge in [-0.2, -0.15) is 0 Å². The first kappa shape index (κ1) is 8.70. The van der Waals surface area contributed by atoms with Crippen molar-refractivity contribution in [3.8, 4) is 0 Å². The van der Waals surface area contributed by atoms with E-state index in [1.807, 2.05) is 0 Å². The van der Waals surface area contributed by atoms with Crippen LogP contribution in [0.1, 0.15) is 13.3 Å². The Morgan fingerprint density at radius 1 is 1.33 bits per heavy atom. The number of rotatable bonds is 3. The van der Waals surface area contributed by atoms with Gasteiger partial charge in [0.2, 0.25) is 0 Å². The fourth-order valence-electron chi connectivity index (χ4n) is 0.526. The summed E-state index contributed by atoms with van der Waals surface area (Å²) in [5, 5.41) is 0. The van der Waals surface area contributed by atoms with E-state index in [2.05, 4.69) is 34.6 Å². The number of hydrogen-bond acceptors (Lipinski definition) is 0. The molecule has 0 unspecified atom stereocenters. The normalized spacial score (nSPS) is 11.6. The van der Waals surface area contributed by atoms with Crippen LogP contribution < -0.4 is 0 Å². The molecule has 0 N–H and O–H groups in total. The van der Waals surface area contributed by atoms with Gasteiger partial charge in [0.05, 0.1) is 27.7 Å². The first-order valence-corrected chi connectivity index (χ1v) is 3.36. The lowest BCUT2D eigenvalue weighted by molar-refractivity contribution is -0.870. The van der Waals surface area contributed by atoms with Crippen molar-refractivity contribution in [3.05, 3.63) is 12.2 Å². The summed E-state index contributed by atoms with van der Waals surface area (Å²) in [4.78, 5) is 0. The second kappa shape index (κ2) is 3.02. The van der Waals surface area contributed by atoms with Crippen molar-refractivity contribution in [2.24, 2.45) is 0 Å². The van der Waals surface area contributed by atoms with Crippen molar-refractivity contribution in [1.29, 1.82) is 0 Å². The van der Waals surface area contributed by atoms with Gasteiger partial charge in [0.15, 0.2) is 0 Å². The van der Waals surface area contributed by atoms with Crippen molar-refractivity contribution in [1.82, 2.24) is 0 Å². The molecule has 0 heterocycles. The molecule has 0 aliphatic heterocycles. The summed E-state index contributed by atoms with van der Waals surface area (Å²) in [6.45, 7) is 7.12. The topological polar surface area (TPSA) is 0 Å². The van der Waals surface area contributed by atoms with Gasteiger partial charge in [-0.3, -0.25) is 0 Å². The lowest BCUT2D eigenvalue weighted by Crippen LogP contribution is -2.35. The standard InChI is InChI=1S/C8H18N/c1-8(2)6-7-9(3,4)5/h1,6-7H2,2-5H3/q+1. The van der Waals surface area contributed by atoms with Crippen LogP contribution in [0, 0.1) is 0 Å².